The molecule has 0 atom stereocenters. The van der Waals surface area contributed by atoms with Crippen molar-refractivity contribution in [2.24, 2.45) is 5.92 Å². The fourth-order valence-electron chi connectivity index (χ4n) is 2.04. The van der Waals surface area contributed by atoms with Crippen LogP contribution in [0.15, 0.2) is 30.3 Å². The third-order valence-corrected chi connectivity index (χ3v) is 3.28. The maximum Gasteiger partial charge on any atom is 0.224 e. The van der Waals surface area contributed by atoms with Gasteiger partial charge in [-0.3, -0.25) is 0 Å². The molecule has 0 saturated heterocycles. The molecular weight excluding hydrogens is 279 g/mol. The molecule has 1 aromatic heterocycles. The molecule has 0 amide bonds. The standard InChI is InChI=1S/C17H23FN4/c1-12(2)8-9-19-17-21-13(3)10-16(22-17)20-11-14-6-4-5-7-15(14)18/h4-7,10,12H,8-9,11H2,1-3H3,(H2,19,20,21,22). The number of hydrogen-bond donors (Lipinski definition) is 2. The molecule has 1 heterocycles. The molecule has 22 heavy (non-hydrogen) atoms. The molecule has 0 aliphatic rings. The van der Waals surface area contributed by atoms with Crippen molar-refractivity contribution >= 4 is 11.8 Å². The van der Waals surface area contributed by atoms with Gasteiger partial charge in [-0.15, -0.1) is 0 Å². The van der Waals surface area contributed by atoms with Crippen molar-refractivity contribution in [2.75, 3.05) is 17.2 Å². The van der Waals surface area contributed by atoms with Crippen molar-refractivity contribution < 1.29 is 4.39 Å². The lowest BCUT2D eigenvalue weighted by Gasteiger charge is -2.11. The van der Waals surface area contributed by atoms with Crippen LogP contribution in [0.1, 0.15) is 31.5 Å². The topological polar surface area (TPSA) is 49.8 Å². The van der Waals surface area contributed by atoms with Crippen LogP contribution in [0.3, 0.4) is 0 Å². The monoisotopic (exact) mass is 302 g/mol. The Morgan fingerprint density at radius 2 is 1.91 bits per heavy atom. The van der Waals surface area contributed by atoms with Crippen LogP contribution in [-0.2, 0) is 6.54 Å². The Hall–Kier alpha value is -2.17. The zero-order valence-electron chi connectivity index (χ0n) is 13.4. The summed E-state index contributed by atoms with van der Waals surface area (Å²) >= 11 is 0. The molecule has 0 fully saturated rings. The summed E-state index contributed by atoms with van der Waals surface area (Å²) in [5.41, 5.74) is 1.49. The summed E-state index contributed by atoms with van der Waals surface area (Å²) < 4.78 is 13.6. The minimum atomic E-state index is -0.212. The molecule has 2 aromatic rings. The first-order valence-corrected chi connectivity index (χ1v) is 7.61. The summed E-state index contributed by atoms with van der Waals surface area (Å²) in [6.45, 7) is 7.52. The smallest absolute Gasteiger partial charge is 0.224 e. The van der Waals surface area contributed by atoms with Gasteiger partial charge in [-0.25, -0.2) is 9.37 Å². The molecule has 0 unspecified atom stereocenters. The number of halogens is 1. The molecule has 0 aliphatic heterocycles. The minimum absolute atomic E-state index is 0.212. The van der Waals surface area contributed by atoms with Crippen molar-refractivity contribution in [1.29, 1.82) is 0 Å². The number of rotatable bonds is 7. The van der Waals surface area contributed by atoms with Gasteiger partial charge in [-0.2, -0.15) is 4.98 Å². The van der Waals surface area contributed by atoms with E-state index in [1.807, 2.05) is 19.1 Å². The highest BCUT2D eigenvalue weighted by Crippen LogP contribution is 2.13. The van der Waals surface area contributed by atoms with Crippen molar-refractivity contribution in [3.05, 3.63) is 47.4 Å². The SMILES string of the molecule is Cc1cc(NCc2ccccc2F)nc(NCCC(C)C)n1. The molecule has 4 nitrogen and oxygen atoms in total. The highest BCUT2D eigenvalue weighted by Gasteiger charge is 2.04. The Labute approximate surface area is 131 Å². The van der Waals surface area contributed by atoms with E-state index in [1.165, 1.54) is 6.07 Å². The molecule has 0 spiro atoms. The van der Waals surface area contributed by atoms with Crippen molar-refractivity contribution in [3.63, 3.8) is 0 Å². The van der Waals surface area contributed by atoms with Gasteiger partial charge in [0.25, 0.3) is 0 Å². The average molecular weight is 302 g/mol. The van der Waals surface area contributed by atoms with Crippen LogP contribution in [0, 0.1) is 18.7 Å². The third kappa shape index (κ3) is 4.98. The predicted octanol–water partition coefficient (Wildman–Crippen LogP) is 3.99. The Morgan fingerprint density at radius 1 is 1.14 bits per heavy atom. The largest absolute Gasteiger partial charge is 0.366 e. The normalized spacial score (nSPS) is 10.8. The number of hydrogen-bond acceptors (Lipinski definition) is 4. The van der Waals surface area contributed by atoms with E-state index in [0.717, 1.165) is 18.7 Å². The fourth-order valence-corrected chi connectivity index (χ4v) is 2.04. The summed E-state index contributed by atoms with van der Waals surface area (Å²) in [4.78, 5) is 8.79. The van der Waals surface area contributed by atoms with Crippen LogP contribution in [0.2, 0.25) is 0 Å². The number of nitrogens with one attached hydrogen (secondary N) is 2. The van der Waals surface area contributed by atoms with Crippen molar-refractivity contribution in [1.82, 2.24) is 9.97 Å². The Morgan fingerprint density at radius 3 is 2.64 bits per heavy atom. The zero-order chi connectivity index (χ0) is 15.9. The lowest BCUT2D eigenvalue weighted by molar-refractivity contribution is 0.606. The molecule has 0 bridgehead atoms. The van der Waals surface area contributed by atoms with Crippen molar-refractivity contribution in [3.8, 4) is 0 Å². The Kier molecular flexibility index (Phi) is 5.69. The van der Waals surface area contributed by atoms with Gasteiger partial charge >= 0.3 is 0 Å². The van der Waals surface area contributed by atoms with Gasteiger partial charge in [0, 0.05) is 30.4 Å². The molecule has 0 aliphatic carbocycles. The summed E-state index contributed by atoms with van der Waals surface area (Å²) in [5.74, 6) is 1.73. The summed E-state index contributed by atoms with van der Waals surface area (Å²) in [7, 11) is 0. The first kappa shape index (κ1) is 16.2. The van der Waals surface area contributed by atoms with Crippen LogP contribution in [0.25, 0.3) is 0 Å². The van der Waals surface area contributed by atoms with E-state index in [1.54, 1.807) is 12.1 Å². The minimum Gasteiger partial charge on any atom is -0.366 e. The molecular formula is C17H23FN4. The number of aryl methyl sites for hydroxylation is 1. The second-order valence-electron chi connectivity index (χ2n) is 5.77. The van der Waals surface area contributed by atoms with E-state index < -0.39 is 0 Å². The van der Waals surface area contributed by atoms with E-state index in [0.29, 0.717) is 29.8 Å². The maximum atomic E-state index is 13.6. The van der Waals surface area contributed by atoms with Crippen molar-refractivity contribution in [2.45, 2.75) is 33.7 Å². The lowest BCUT2D eigenvalue weighted by atomic mass is 10.1. The molecule has 1 aromatic carbocycles. The van der Waals surface area contributed by atoms with Crippen LogP contribution in [0.4, 0.5) is 16.2 Å². The van der Waals surface area contributed by atoms with Crippen LogP contribution in [0.5, 0.6) is 0 Å². The van der Waals surface area contributed by atoms with Gasteiger partial charge in [0.1, 0.15) is 11.6 Å². The highest BCUT2D eigenvalue weighted by atomic mass is 19.1. The molecule has 2 rings (SSSR count). The first-order valence-electron chi connectivity index (χ1n) is 7.61. The molecule has 5 heteroatoms. The van der Waals surface area contributed by atoms with E-state index >= 15 is 0 Å². The fraction of sp³-hybridized carbons (Fsp3) is 0.412. The highest BCUT2D eigenvalue weighted by molar-refractivity contribution is 5.42. The average Bonchev–Trinajstić information content (AvgIpc) is 2.45. The van der Waals surface area contributed by atoms with E-state index in [9.17, 15) is 4.39 Å². The molecule has 2 N–H and O–H groups in total. The number of benzene rings is 1. The third-order valence-electron chi connectivity index (χ3n) is 3.28. The van der Waals surface area contributed by atoms with Gasteiger partial charge in [-0.05, 0) is 25.3 Å². The molecule has 0 radical (unpaired) electrons. The summed E-state index contributed by atoms with van der Waals surface area (Å²) in [6.07, 6.45) is 1.06. The van der Waals surface area contributed by atoms with Crippen LogP contribution in [-0.4, -0.2) is 16.5 Å². The van der Waals surface area contributed by atoms with E-state index in [2.05, 4.69) is 34.4 Å². The zero-order valence-corrected chi connectivity index (χ0v) is 13.4. The van der Waals surface area contributed by atoms with Gasteiger partial charge in [0.2, 0.25) is 5.95 Å². The molecule has 0 saturated carbocycles. The quantitative estimate of drug-likeness (QED) is 0.812. The van der Waals surface area contributed by atoms with Gasteiger partial charge < -0.3 is 10.6 Å². The first-order chi connectivity index (χ1) is 10.5. The summed E-state index contributed by atoms with van der Waals surface area (Å²) in [6, 6.07) is 8.59. The maximum absolute atomic E-state index is 13.6. The second kappa shape index (κ2) is 7.73. The number of aromatic nitrogens is 2. The summed E-state index contributed by atoms with van der Waals surface area (Å²) in [5, 5.41) is 6.38. The Balaban J connectivity index is 1.99. The van der Waals surface area contributed by atoms with Gasteiger partial charge in [-0.1, -0.05) is 32.0 Å². The lowest BCUT2D eigenvalue weighted by Crippen LogP contribution is -2.10. The van der Waals surface area contributed by atoms with E-state index in [4.69, 9.17) is 0 Å². The van der Waals surface area contributed by atoms with Gasteiger partial charge in [0.05, 0.1) is 0 Å². The second-order valence-corrected chi connectivity index (χ2v) is 5.77. The predicted molar refractivity (Wildman–Crippen MR) is 88.4 cm³/mol. The van der Waals surface area contributed by atoms with Crippen LogP contribution < -0.4 is 10.6 Å². The Bertz CT molecular complexity index is 613. The van der Waals surface area contributed by atoms with Crippen LogP contribution >= 0.6 is 0 Å². The van der Waals surface area contributed by atoms with Gasteiger partial charge in [0.15, 0.2) is 0 Å². The number of anilines is 2. The molecule has 118 valence electrons. The number of nitrogens with zero attached hydrogens (tertiary/aromatic N) is 2. The van der Waals surface area contributed by atoms with E-state index in [-0.39, 0.29) is 5.82 Å².